The Labute approximate surface area is 226 Å². The monoisotopic (exact) mass is 540 g/mol. The average molecular weight is 541 g/mol. The zero-order chi connectivity index (χ0) is 28.4. The zero-order valence-electron chi connectivity index (χ0n) is 22.0. The largest absolute Gasteiger partial charge is 0.497 e. The highest BCUT2D eigenvalue weighted by molar-refractivity contribution is 5.99. The molecule has 0 aromatic heterocycles. The van der Waals surface area contributed by atoms with Gasteiger partial charge in [-0.1, -0.05) is 43.3 Å². The van der Waals surface area contributed by atoms with Crippen LogP contribution in [0.4, 0.5) is 8.78 Å². The van der Waals surface area contributed by atoms with E-state index in [-0.39, 0.29) is 24.1 Å². The summed E-state index contributed by atoms with van der Waals surface area (Å²) < 4.78 is 32.7. The summed E-state index contributed by atoms with van der Waals surface area (Å²) >= 11 is 0. The van der Waals surface area contributed by atoms with Crippen molar-refractivity contribution in [2.75, 3.05) is 13.7 Å². The molecule has 3 aromatic carbocycles. The van der Waals surface area contributed by atoms with E-state index in [2.05, 4.69) is 17.6 Å². The number of hydrogen-bond acceptors (Lipinski definition) is 6. The lowest BCUT2D eigenvalue weighted by atomic mass is 9.99. The smallest absolute Gasteiger partial charge is 0.249 e. The highest BCUT2D eigenvalue weighted by Crippen LogP contribution is 2.16. The van der Waals surface area contributed by atoms with Crippen molar-refractivity contribution in [2.24, 2.45) is 0 Å². The molecular formula is C30H34F2N2O5. The van der Waals surface area contributed by atoms with Crippen molar-refractivity contribution in [3.05, 3.63) is 101 Å². The number of rotatable bonds is 14. The van der Waals surface area contributed by atoms with Crippen LogP contribution >= 0.6 is 0 Å². The van der Waals surface area contributed by atoms with Gasteiger partial charge in [0.25, 0.3) is 0 Å². The van der Waals surface area contributed by atoms with Gasteiger partial charge in [0.15, 0.2) is 5.78 Å². The van der Waals surface area contributed by atoms with E-state index in [4.69, 9.17) is 4.74 Å². The first-order valence-electron chi connectivity index (χ1n) is 12.8. The highest BCUT2D eigenvalue weighted by atomic mass is 19.1. The maximum atomic E-state index is 13.8. The highest BCUT2D eigenvalue weighted by Gasteiger charge is 2.27. The topological polar surface area (TPSA) is 108 Å². The molecule has 9 heteroatoms. The van der Waals surface area contributed by atoms with Crippen LogP contribution in [0.5, 0.6) is 5.75 Å². The summed E-state index contributed by atoms with van der Waals surface area (Å²) in [4.78, 5) is 25.4. The second-order valence-corrected chi connectivity index (χ2v) is 9.34. The van der Waals surface area contributed by atoms with E-state index in [9.17, 15) is 28.6 Å². The molecule has 0 aliphatic carbocycles. The summed E-state index contributed by atoms with van der Waals surface area (Å²) in [5.41, 5.74) is 2.67. The lowest BCUT2D eigenvalue weighted by Crippen LogP contribution is -2.51. The first kappa shape index (κ1) is 29.9. The standard InChI is InChI=1S/C30H34F2N2O5/c1-3-19-6-4-7-20(10-19)17-33-18-29(37)26(13-21-11-23(31)15-24(32)12-21)34-30(38)28(36)16-27(35)22-8-5-9-25(14-22)39-2/h4-12,14-15,26,28-29,33,36-37H,3,13,16-18H2,1-2H3,(H,34,38)/t26-,28?,29+/m0/s1. The number of methoxy groups -OCH3 is 1. The minimum Gasteiger partial charge on any atom is -0.497 e. The van der Waals surface area contributed by atoms with Crippen LogP contribution in [0.1, 0.15) is 40.4 Å². The molecular weight excluding hydrogens is 506 g/mol. The number of aliphatic hydroxyl groups is 2. The van der Waals surface area contributed by atoms with Gasteiger partial charge in [-0.25, -0.2) is 8.78 Å². The molecule has 1 amide bonds. The fraction of sp³-hybridized carbons (Fsp3) is 0.333. The maximum absolute atomic E-state index is 13.8. The van der Waals surface area contributed by atoms with Crippen LogP contribution in [-0.2, 0) is 24.2 Å². The molecule has 3 atom stereocenters. The van der Waals surface area contributed by atoms with E-state index < -0.39 is 48.0 Å². The molecule has 0 spiro atoms. The van der Waals surface area contributed by atoms with Gasteiger partial charge in [0, 0.05) is 31.1 Å². The van der Waals surface area contributed by atoms with Crippen molar-refractivity contribution in [2.45, 2.75) is 51.0 Å². The number of benzene rings is 3. The van der Waals surface area contributed by atoms with Crippen LogP contribution in [0.15, 0.2) is 66.7 Å². The minimum atomic E-state index is -1.70. The maximum Gasteiger partial charge on any atom is 0.249 e. The summed E-state index contributed by atoms with van der Waals surface area (Å²) in [6.45, 7) is 2.56. The number of hydrogen-bond donors (Lipinski definition) is 4. The molecule has 0 bridgehead atoms. The predicted octanol–water partition coefficient (Wildman–Crippen LogP) is 3.35. The van der Waals surface area contributed by atoms with Crippen molar-refractivity contribution >= 4 is 11.7 Å². The van der Waals surface area contributed by atoms with Crippen LogP contribution < -0.4 is 15.4 Å². The molecule has 0 aliphatic heterocycles. The molecule has 0 aliphatic rings. The second kappa shape index (κ2) is 14.5. The van der Waals surface area contributed by atoms with Gasteiger partial charge in [-0.15, -0.1) is 0 Å². The van der Waals surface area contributed by atoms with Crippen LogP contribution in [0.25, 0.3) is 0 Å². The Hall–Kier alpha value is -3.66. The Morgan fingerprint density at radius 1 is 0.923 bits per heavy atom. The number of carbonyl (C=O) groups is 2. The molecule has 0 fully saturated rings. The quantitative estimate of drug-likeness (QED) is 0.234. The van der Waals surface area contributed by atoms with Gasteiger partial charge in [-0.05, 0) is 53.8 Å². The van der Waals surface area contributed by atoms with Crippen LogP contribution in [0.3, 0.4) is 0 Å². The Bertz CT molecular complexity index is 1250. The summed E-state index contributed by atoms with van der Waals surface area (Å²) in [6.07, 6.45) is -2.59. The molecule has 7 nitrogen and oxygen atoms in total. The van der Waals surface area contributed by atoms with Crippen molar-refractivity contribution < 1.29 is 33.3 Å². The number of halogens is 2. The molecule has 3 aromatic rings. The molecule has 208 valence electrons. The average Bonchev–Trinajstić information content (AvgIpc) is 2.92. The van der Waals surface area contributed by atoms with Gasteiger partial charge >= 0.3 is 0 Å². The Balaban J connectivity index is 1.67. The normalized spacial score (nSPS) is 13.4. The van der Waals surface area contributed by atoms with Crippen LogP contribution in [0.2, 0.25) is 0 Å². The number of aliphatic hydroxyl groups excluding tert-OH is 2. The number of amides is 1. The molecule has 0 saturated heterocycles. The lowest BCUT2D eigenvalue weighted by Gasteiger charge is -2.26. The number of Topliss-reactive ketones (excluding diaryl/α,β-unsaturated/α-hetero) is 1. The van der Waals surface area contributed by atoms with E-state index in [0.717, 1.165) is 30.2 Å². The van der Waals surface area contributed by atoms with Gasteiger partial charge in [0.05, 0.1) is 19.3 Å². The van der Waals surface area contributed by atoms with Crippen molar-refractivity contribution in [1.82, 2.24) is 10.6 Å². The van der Waals surface area contributed by atoms with Crippen LogP contribution in [-0.4, -0.2) is 53.8 Å². The van der Waals surface area contributed by atoms with Gasteiger partial charge in [-0.3, -0.25) is 9.59 Å². The third-order valence-electron chi connectivity index (χ3n) is 6.33. The zero-order valence-corrected chi connectivity index (χ0v) is 22.0. The first-order valence-corrected chi connectivity index (χ1v) is 12.8. The third-order valence-corrected chi connectivity index (χ3v) is 6.33. The van der Waals surface area contributed by atoms with E-state index in [1.807, 2.05) is 24.3 Å². The van der Waals surface area contributed by atoms with Gasteiger partial charge in [0.2, 0.25) is 5.91 Å². The third kappa shape index (κ3) is 9.24. The fourth-order valence-electron chi connectivity index (χ4n) is 4.19. The number of nitrogens with one attached hydrogen (secondary N) is 2. The van der Waals surface area contributed by atoms with Gasteiger partial charge in [-0.2, -0.15) is 0 Å². The molecule has 1 unspecified atom stereocenters. The van der Waals surface area contributed by atoms with Crippen molar-refractivity contribution in [3.63, 3.8) is 0 Å². The fourth-order valence-corrected chi connectivity index (χ4v) is 4.19. The summed E-state index contributed by atoms with van der Waals surface area (Å²) in [7, 11) is 1.46. The number of ketones is 1. The Morgan fingerprint density at radius 3 is 2.31 bits per heavy atom. The van der Waals surface area contributed by atoms with Crippen LogP contribution in [0, 0.1) is 11.6 Å². The predicted molar refractivity (Wildman–Crippen MR) is 143 cm³/mol. The number of aryl methyl sites for hydroxylation is 1. The second-order valence-electron chi connectivity index (χ2n) is 9.34. The molecule has 0 radical (unpaired) electrons. The van der Waals surface area contributed by atoms with E-state index in [1.165, 1.54) is 18.7 Å². The molecule has 4 N–H and O–H groups in total. The molecule has 39 heavy (non-hydrogen) atoms. The summed E-state index contributed by atoms with van der Waals surface area (Å²) in [5.74, 6) is -2.48. The van der Waals surface area contributed by atoms with Crippen molar-refractivity contribution in [3.8, 4) is 5.75 Å². The van der Waals surface area contributed by atoms with E-state index in [0.29, 0.717) is 12.3 Å². The first-order chi connectivity index (χ1) is 18.7. The van der Waals surface area contributed by atoms with Gasteiger partial charge in [0.1, 0.15) is 23.5 Å². The number of carbonyl (C=O) groups excluding carboxylic acids is 2. The van der Waals surface area contributed by atoms with Crippen molar-refractivity contribution in [1.29, 1.82) is 0 Å². The molecule has 0 heterocycles. The SMILES string of the molecule is CCc1cccc(CNC[C@@H](O)[C@H](Cc2cc(F)cc(F)c2)NC(=O)C(O)CC(=O)c2cccc(OC)c2)c1. The number of ether oxygens (including phenoxy) is 1. The minimum absolute atomic E-state index is 0.0535. The van der Waals surface area contributed by atoms with Gasteiger partial charge < -0.3 is 25.6 Å². The molecule has 3 rings (SSSR count). The Kier molecular flexibility index (Phi) is 11.1. The molecule has 0 saturated carbocycles. The van der Waals surface area contributed by atoms with E-state index >= 15 is 0 Å². The Morgan fingerprint density at radius 2 is 1.62 bits per heavy atom. The summed E-state index contributed by atoms with van der Waals surface area (Å²) in [5, 5.41) is 27.0. The van der Waals surface area contributed by atoms with E-state index in [1.54, 1.807) is 18.2 Å². The summed E-state index contributed by atoms with van der Waals surface area (Å²) in [6, 6.07) is 16.2. The lowest BCUT2D eigenvalue weighted by molar-refractivity contribution is -0.130.